The van der Waals surface area contributed by atoms with Gasteiger partial charge in [-0.2, -0.15) is 0 Å². The van der Waals surface area contributed by atoms with Crippen LogP contribution < -0.4 is 5.73 Å². The smallest absolute Gasteiger partial charge is 0.318 e. The third kappa shape index (κ3) is 3.34. The summed E-state index contributed by atoms with van der Waals surface area (Å²) in [5, 5.41) is 0. The van der Waals surface area contributed by atoms with Gasteiger partial charge in [0, 0.05) is 0 Å². The first kappa shape index (κ1) is 11.1. The normalized spacial score (nSPS) is 14.9. The summed E-state index contributed by atoms with van der Waals surface area (Å²) in [7, 11) is -3.01. The van der Waals surface area contributed by atoms with E-state index in [0.717, 1.165) is 0 Å². The van der Waals surface area contributed by atoms with Crippen molar-refractivity contribution in [2.24, 2.45) is 5.73 Å². The highest BCUT2D eigenvalue weighted by atomic mass is 31.2. The van der Waals surface area contributed by atoms with E-state index in [0.29, 0.717) is 13.2 Å². The van der Waals surface area contributed by atoms with E-state index in [2.05, 4.69) is 0 Å². The lowest BCUT2D eigenvalue weighted by Gasteiger charge is -2.19. The molecule has 2 N–H and O–H groups in total. The third-order valence-corrected chi connectivity index (χ3v) is 3.35. The van der Waals surface area contributed by atoms with Gasteiger partial charge >= 0.3 is 7.60 Å². The van der Waals surface area contributed by atoms with Gasteiger partial charge in [-0.15, -0.1) is 0 Å². The van der Waals surface area contributed by atoms with Crippen molar-refractivity contribution in [1.82, 2.24) is 0 Å². The fourth-order valence-electron chi connectivity index (χ4n) is 0.632. The highest BCUT2D eigenvalue weighted by Gasteiger charge is 2.28. The zero-order valence-corrected chi connectivity index (χ0v) is 8.14. The maximum atomic E-state index is 11.5. The molecule has 0 amide bonds. The maximum Gasteiger partial charge on any atom is 0.346 e. The van der Waals surface area contributed by atoms with Crippen LogP contribution in [0.5, 0.6) is 0 Å². The van der Waals surface area contributed by atoms with Gasteiger partial charge in [-0.3, -0.25) is 4.57 Å². The summed E-state index contributed by atoms with van der Waals surface area (Å²) < 4.78 is 21.4. The average molecular weight is 181 g/mol. The van der Waals surface area contributed by atoms with Gasteiger partial charge in [-0.05, 0) is 20.8 Å². The van der Waals surface area contributed by atoms with Gasteiger partial charge in [0.15, 0.2) is 0 Å². The SMILES string of the molecule is CCOP(=O)(OCC)[C@H](C)N. The van der Waals surface area contributed by atoms with Crippen molar-refractivity contribution in [3.8, 4) is 0 Å². The quantitative estimate of drug-likeness (QED) is 0.654. The Balaban J connectivity index is 4.14. The lowest BCUT2D eigenvalue weighted by atomic mass is 10.8. The molecule has 0 aliphatic heterocycles. The Kier molecular flexibility index (Phi) is 4.93. The van der Waals surface area contributed by atoms with Gasteiger partial charge in [0.25, 0.3) is 0 Å². The Morgan fingerprint density at radius 2 is 1.73 bits per heavy atom. The fraction of sp³-hybridized carbons (Fsp3) is 1.00. The van der Waals surface area contributed by atoms with E-state index in [1.54, 1.807) is 20.8 Å². The molecule has 68 valence electrons. The molecule has 5 heteroatoms. The summed E-state index contributed by atoms with van der Waals surface area (Å²) in [5.74, 6) is -0.553. The topological polar surface area (TPSA) is 61.5 Å². The second-order valence-corrected chi connectivity index (χ2v) is 4.53. The molecule has 0 spiro atoms. The van der Waals surface area contributed by atoms with E-state index in [4.69, 9.17) is 14.8 Å². The minimum absolute atomic E-state index is 0.360. The van der Waals surface area contributed by atoms with Crippen LogP contribution in [0.1, 0.15) is 20.8 Å². The first-order valence-electron chi connectivity index (χ1n) is 3.71. The molecule has 0 aliphatic rings. The molecule has 0 aliphatic carbocycles. The third-order valence-electron chi connectivity index (χ3n) is 1.12. The predicted octanol–water partition coefficient (Wildman–Crippen LogP) is 1.56. The van der Waals surface area contributed by atoms with Crippen LogP contribution in [0.3, 0.4) is 0 Å². The summed E-state index contributed by atoms with van der Waals surface area (Å²) >= 11 is 0. The number of hydrogen-bond acceptors (Lipinski definition) is 4. The van der Waals surface area contributed by atoms with Crippen molar-refractivity contribution >= 4 is 7.60 Å². The second kappa shape index (κ2) is 4.88. The number of hydrogen-bond donors (Lipinski definition) is 1. The van der Waals surface area contributed by atoms with Crippen molar-refractivity contribution in [3.05, 3.63) is 0 Å². The molecular formula is C6H16NO3P. The van der Waals surface area contributed by atoms with Crippen LogP contribution in [-0.4, -0.2) is 19.0 Å². The molecule has 0 bridgehead atoms. The predicted molar refractivity (Wildman–Crippen MR) is 44.5 cm³/mol. The van der Waals surface area contributed by atoms with E-state index < -0.39 is 13.4 Å². The molecule has 0 aromatic heterocycles. The van der Waals surface area contributed by atoms with Crippen LogP contribution in [0.25, 0.3) is 0 Å². The highest BCUT2D eigenvalue weighted by Crippen LogP contribution is 2.50. The van der Waals surface area contributed by atoms with Crippen molar-refractivity contribution in [2.45, 2.75) is 26.6 Å². The Bertz CT molecular complexity index is 139. The van der Waals surface area contributed by atoms with Crippen LogP contribution in [-0.2, 0) is 13.6 Å². The first-order chi connectivity index (χ1) is 5.06. The van der Waals surface area contributed by atoms with Gasteiger partial charge in [-0.25, -0.2) is 0 Å². The van der Waals surface area contributed by atoms with Crippen LogP contribution >= 0.6 is 7.60 Å². The van der Waals surface area contributed by atoms with Crippen LogP contribution in [0.15, 0.2) is 0 Å². The Labute approximate surface area is 67.6 Å². The minimum atomic E-state index is -3.01. The van der Waals surface area contributed by atoms with Crippen molar-refractivity contribution in [1.29, 1.82) is 0 Å². The average Bonchev–Trinajstić information content (AvgIpc) is 1.88. The molecule has 0 aromatic carbocycles. The van der Waals surface area contributed by atoms with Gasteiger partial charge in [-0.1, -0.05) is 0 Å². The van der Waals surface area contributed by atoms with Crippen molar-refractivity contribution in [3.63, 3.8) is 0 Å². The van der Waals surface area contributed by atoms with E-state index in [9.17, 15) is 4.57 Å². The van der Waals surface area contributed by atoms with E-state index in [-0.39, 0.29) is 0 Å². The largest absolute Gasteiger partial charge is 0.346 e. The van der Waals surface area contributed by atoms with Crippen molar-refractivity contribution < 1.29 is 13.6 Å². The zero-order chi connectivity index (χ0) is 8.91. The van der Waals surface area contributed by atoms with E-state index >= 15 is 0 Å². The lowest BCUT2D eigenvalue weighted by molar-refractivity contribution is 0.213. The van der Waals surface area contributed by atoms with Gasteiger partial charge < -0.3 is 14.8 Å². The summed E-state index contributed by atoms with van der Waals surface area (Å²) in [6.45, 7) is 5.85. The van der Waals surface area contributed by atoms with Crippen LogP contribution in [0.2, 0.25) is 0 Å². The summed E-state index contributed by atoms with van der Waals surface area (Å²) in [4.78, 5) is 0. The molecule has 4 nitrogen and oxygen atoms in total. The van der Waals surface area contributed by atoms with Crippen LogP contribution in [0, 0.1) is 0 Å². The molecule has 11 heavy (non-hydrogen) atoms. The molecule has 0 heterocycles. The molecule has 0 saturated heterocycles. The van der Waals surface area contributed by atoms with Gasteiger partial charge in [0.1, 0.15) is 5.78 Å². The molecule has 0 saturated carbocycles. The highest BCUT2D eigenvalue weighted by molar-refractivity contribution is 7.54. The van der Waals surface area contributed by atoms with Gasteiger partial charge in [0.2, 0.25) is 0 Å². The minimum Gasteiger partial charge on any atom is -0.318 e. The molecule has 1 atom stereocenters. The number of rotatable bonds is 5. The fourth-order valence-corrected chi connectivity index (χ4v) is 1.90. The summed E-state index contributed by atoms with van der Waals surface area (Å²) in [6, 6.07) is 0. The first-order valence-corrected chi connectivity index (χ1v) is 5.32. The van der Waals surface area contributed by atoms with E-state index in [1.165, 1.54) is 0 Å². The monoisotopic (exact) mass is 181 g/mol. The Hall–Kier alpha value is 0.110. The van der Waals surface area contributed by atoms with Gasteiger partial charge in [0.05, 0.1) is 13.2 Å². The second-order valence-electron chi connectivity index (χ2n) is 2.12. The molecule has 0 rings (SSSR count). The Morgan fingerprint density at radius 1 is 1.36 bits per heavy atom. The maximum absolute atomic E-state index is 11.5. The van der Waals surface area contributed by atoms with Crippen LogP contribution in [0.4, 0.5) is 0 Å². The standard InChI is InChI=1S/C6H16NO3P/c1-4-9-11(8,6(3)7)10-5-2/h6H,4-5,7H2,1-3H3/t6-/m1/s1. The molecule has 0 radical (unpaired) electrons. The molecule has 0 aromatic rings. The zero-order valence-electron chi connectivity index (χ0n) is 7.24. The van der Waals surface area contributed by atoms with Crippen molar-refractivity contribution in [2.75, 3.05) is 13.2 Å². The molecular weight excluding hydrogens is 165 g/mol. The van der Waals surface area contributed by atoms with E-state index in [1.807, 2.05) is 0 Å². The molecule has 0 fully saturated rings. The Morgan fingerprint density at radius 3 is 1.91 bits per heavy atom. The summed E-state index contributed by atoms with van der Waals surface area (Å²) in [5.41, 5.74) is 5.43. The summed E-state index contributed by atoms with van der Waals surface area (Å²) in [6.07, 6.45) is 0. The molecule has 0 unspecified atom stereocenters. The lowest BCUT2D eigenvalue weighted by Crippen LogP contribution is -2.18. The number of nitrogens with two attached hydrogens (primary N) is 1.